The largest absolute Gasteiger partial charge is 0.618 e. The topological polar surface area (TPSA) is 58.3 Å². The van der Waals surface area contributed by atoms with Gasteiger partial charge in [-0.05, 0) is 6.07 Å². The van der Waals surface area contributed by atoms with Crippen molar-refractivity contribution in [3.63, 3.8) is 0 Å². The summed E-state index contributed by atoms with van der Waals surface area (Å²) in [5.74, 6) is 1.26. The zero-order valence-corrected chi connectivity index (χ0v) is 9.58. The predicted octanol–water partition coefficient (Wildman–Crippen LogP) is 1.40. The molecular weight excluding hydrogens is 220 g/mol. The Balaban J connectivity index is 2.50. The van der Waals surface area contributed by atoms with Gasteiger partial charge in [-0.3, -0.25) is 0 Å². The molecule has 0 amide bonds. The third kappa shape index (κ3) is 2.28. The summed E-state index contributed by atoms with van der Waals surface area (Å²) in [5.41, 5.74) is 0.960. The number of rotatable bonds is 3. The summed E-state index contributed by atoms with van der Waals surface area (Å²) in [6, 6.07) is 6.65. The molecule has 0 unspecified atom stereocenters. The average Bonchev–Trinajstić information content (AvgIpc) is 2.39. The minimum absolute atomic E-state index is 0.420. The second-order valence-corrected chi connectivity index (χ2v) is 3.36. The average molecular weight is 232 g/mol. The number of aromatic nitrogens is 2. The highest BCUT2D eigenvalue weighted by molar-refractivity contribution is 5.54. The lowest BCUT2D eigenvalue weighted by Crippen LogP contribution is -2.28. The van der Waals surface area contributed by atoms with E-state index in [2.05, 4.69) is 4.98 Å². The van der Waals surface area contributed by atoms with Gasteiger partial charge in [0.1, 0.15) is 17.2 Å². The maximum Gasteiger partial charge on any atom is 0.246 e. The standard InChI is InChI=1S/C12H12N2O3/c1-16-9-3-5-13-11(7-9)12-8-10(17-2)4-6-14(12)15/h3-8H,1-2H3. The number of nitrogens with zero attached hydrogens (tertiary/aromatic N) is 2. The van der Waals surface area contributed by atoms with E-state index < -0.39 is 0 Å². The smallest absolute Gasteiger partial charge is 0.246 e. The Morgan fingerprint density at radius 2 is 1.82 bits per heavy atom. The molecule has 0 fully saturated rings. The van der Waals surface area contributed by atoms with Crippen molar-refractivity contribution in [1.29, 1.82) is 0 Å². The first-order valence-corrected chi connectivity index (χ1v) is 5.02. The van der Waals surface area contributed by atoms with Crippen LogP contribution in [0.5, 0.6) is 11.5 Å². The van der Waals surface area contributed by atoms with Gasteiger partial charge in [-0.2, -0.15) is 4.73 Å². The molecule has 0 atom stereocenters. The van der Waals surface area contributed by atoms with Crippen molar-refractivity contribution in [3.05, 3.63) is 41.9 Å². The molecule has 0 N–H and O–H groups in total. The first-order chi connectivity index (χ1) is 8.24. The van der Waals surface area contributed by atoms with E-state index in [4.69, 9.17) is 9.47 Å². The molecule has 0 spiro atoms. The van der Waals surface area contributed by atoms with Gasteiger partial charge in [0, 0.05) is 18.3 Å². The quantitative estimate of drug-likeness (QED) is 0.593. The van der Waals surface area contributed by atoms with Crippen molar-refractivity contribution >= 4 is 0 Å². The summed E-state index contributed by atoms with van der Waals surface area (Å²) in [6.45, 7) is 0. The van der Waals surface area contributed by atoms with Crippen LogP contribution in [0.4, 0.5) is 0 Å². The normalized spacial score (nSPS) is 10.0. The van der Waals surface area contributed by atoms with Crippen LogP contribution in [0.2, 0.25) is 0 Å². The van der Waals surface area contributed by atoms with Gasteiger partial charge < -0.3 is 14.7 Å². The second kappa shape index (κ2) is 4.69. The van der Waals surface area contributed by atoms with Crippen LogP contribution < -0.4 is 14.2 Å². The molecule has 5 nitrogen and oxygen atoms in total. The molecule has 5 heteroatoms. The van der Waals surface area contributed by atoms with E-state index in [0.29, 0.717) is 22.9 Å². The highest BCUT2D eigenvalue weighted by Gasteiger charge is 2.12. The predicted molar refractivity (Wildman–Crippen MR) is 61.7 cm³/mol. The third-order valence-electron chi connectivity index (χ3n) is 2.36. The minimum Gasteiger partial charge on any atom is -0.618 e. The summed E-state index contributed by atoms with van der Waals surface area (Å²) in [4.78, 5) is 4.14. The lowest BCUT2D eigenvalue weighted by atomic mass is 10.2. The fraction of sp³-hybridized carbons (Fsp3) is 0.167. The number of pyridine rings is 2. The summed E-state index contributed by atoms with van der Waals surface area (Å²) >= 11 is 0. The van der Waals surface area contributed by atoms with Gasteiger partial charge >= 0.3 is 0 Å². The van der Waals surface area contributed by atoms with Crippen LogP contribution in [0.1, 0.15) is 0 Å². The van der Waals surface area contributed by atoms with E-state index in [1.165, 1.54) is 6.20 Å². The monoisotopic (exact) mass is 232 g/mol. The molecule has 88 valence electrons. The SMILES string of the molecule is COc1ccnc(-c2cc(OC)cc[n+]2[O-])c1. The maximum atomic E-state index is 11.7. The summed E-state index contributed by atoms with van der Waals surface area (Å²) < 4.78 is 10.9. The van der Waals surface area contributed by atoms with Gasteiger partial charge in [0.2, 0.25) is 5.69 Å². The number of hydrogen-bond donors (Lipinski definition) is 0. The minimum atomic E-state index is 0.420. The van der Waals surface area contributed by atoms with Crippen molar-refractivity contribution in [3.8, 4) is 22.9 Å². The van der Waals surface area contributed by atoms with E-state index in [0.717, 1.165) is 4.73 Å². The van der Waals surface area contributed by atoms with Crippen LogP contribution in [-0.2, 0) is 0 Å². The van der Waals surface area contributed by atoms with Crippen LogP contribution in [0.15, 0.2) is 36.7 Å². The molecule has 0 aliphatic heterocycles. The molecule has 0 aliphatic rings. The van der Waals surface area contributed by atoms with Crippen LogP contribution in [0, 0.1) is 5.21 Å². The molecular formula is C12H12N2O3. The Morgan fingerprint density at radius 1 is 1.12 bits per heavy atom. The molecule has 2 heterocycles. The highest BCUT2D eigenvalue weighted by Crippen LogP contribution is 2.21. The summed E-state index contributed by atoms with van der Waals surface area (Å²) in [7, 11) is 3.11. The number of ether oxygens (including phenoxy) is 2. The van der Waals surface area contributed by atoms with E-state index >= 15 is 0 Å². The summed E-state index contributed by atoms with van der Waals surface area (Å²) in [6.07, 6.45) is 2.98. The molecule has 2 aromatic heterocycles. The molecule has 0 saturated heterocycles. The molecule has 0 bridgehead atoms. The summed E-state index contributed by atoms with van der Waals surface area (Å²) in [5, 5.41) is 11.7. The van der Waals surface area contributed by atoms with Gasteiger partial charge in [0.15, 0.2) is 6.20 Å². The third-order valence-corrected chi connectivity index (χ3v) is 2.36. The zero-order chi connectivity index (χ0) is 12.3. The Hall–Kier alpha value is -2.30. The van der Waals surface area contributed by atoms with E-state index in [1.54, 1.807) is 44.7 Å². The van der Waals surface area contributed by atoms with Crippen molar-refractivity contribution in [2.24, 2.45) is 0 Å². The molecule has 2 aromatic rings. The first-order valence-electron chi connectivity index (χ1n) is 5.02. The van der Waals surface area contributed by atoms with E-state index in [1.807, 2.05) is 0 Å². The second-order valence-electron chi connectivity index (χ2n) is 3.36. The number of hydrogen-bond acceptors (Lipinski definition) is 4. The van der Waals surface area contributed by atoms with Crippen molar-refractivity contribution in [2.45, 2.75) is 0 Å². The van der Waals surface area contributed by atoms with Gasteiger partial charge in [-0.1, -0.05) is 0 Å². The van der Waals surface area contributed by atoms with E-state index in [-0.39, 0.29) is 0 Å². The maximum absolute atomic E-state index is 11.7. The molecule has 0 aliphatic carbocycles. The Labute approximate surface area is 98.8 Å². The van der Waals surface area contributed by atoms with Gasteiger partial charge in [0.05, 0.1) is 20.3 Å². The fourth-order valence-corrected chi connectivity index (χ4v) is 1.46. The van der Waals surface area contributed by atoms with Crippen LogP contribution in [0.25, 0.3) is 11.4 Å². The Morgan fingerprint density at radius 3 is 2.53 bits per heavy atom. The molecule has 17 heavy (non-hydrogen) atoms. The lowest BCUT2D eigenvalue weighted by Gasteiger charge is -2.06. The molecule has 2 rings (SSSR count). The van der Waals surface area contributed by atoms with Crippen LogP contribution in [-0.4, -0.2) is 19.2 Å². The van der Waals surface area contributed by atoms with Gasteiger partial charge in [-0.25, -0.2) is 4.98 Å². The molecule has 0 aromatic carbocycles. The van der Waals surface area contributed by atoms with Crippen molar-refractivity contribution in [2.75, 3.05) is 14.2 Å². The van der Waals surface area contributed by atoms with Gasteiger partial charge in [0.25, 0.3) is 0 Å². The molecule has 0 radical (unpaired) electrons. The number of methoxy groups -OCH3 is 2. The molecule has 0 saturated carbocycles. The van der Waals surface area contributed by atoms with Crippen LogP contribution >= 0.6 is 0 Å². The lowest BCUT2D eigenvalue weighted by molar-refractivity contribution is -0.593. The van der Waals surface area contributed by atoms with Crippen molar-refractivity contribution < 1.29 is 14.2 Å². The highest BCUT2D eigenvalue weighted by atomic mass is 16.5. The Bertz CT molecular complexity index is 529. The Kier molecular flexibility index (Phi) is 3.09. The van der Waals surface area contributed by atoms with Crippen molar-refractivity contribution in [1.82, 2.24) is 4.98 Å². The first kappa shape index (κ1) is 11.2. The fourth-order valence-electron chi connectivity index (χ4n) is 1.46. The van der Waals surface area contributed by atoms with E-state index in [9.17, 15) is 5.21 Å². The van der Waals surface area contributed by atoms with Crippen LogP contribution in [0.3, 0.4) is 0 Å². The zero-order valence-electron chi connectivity index (χ0n) is 9.58. The van der Waals surface area contributed by atoms with Gasteiger partial charge in [-0.15, -0.1) is 0 Å².